The van der Waals surface area contributed by atoms with Crippen LogP contribution in [0.1, 0.15) is 29.6 Å². The molecule has 1 atom stereocenters. The van der Waals surface area contributed by atoms with Crippen LogP contribution < -0.4 is 5.73 Å². The van der Waals surface area contributed by atoms with E-state index in [1.165, 1.54) is 6.07 Å². The zero-order chi connectivity index (χ0) is 11.7. The Hall–Kier alpha value is -1.29. The molecule has 0 amide bonds. The quantitative estimate of drug-likeness (QED) is 0.799. The Morgan fingerprint density at radius 3 is 2.69 bits per heavy atom. The number of carbonyl (C=O) groups is 1. The largest absolute Gasteiger partial charge is 0.327 e. The van der Waals surface area contributed by atoms with Crippen LogP contribution in [0.3, 0.4) is 0 Å². The number of ketones is 1. The topological polar surface area (TPSA) is 43.1 Å². The molecule has 1 aliphatic carbocycles. The SMILES string of the molecule is NC(CC(=O)c1ccc(F)cc1F)C1CC1. The van der Waals surface area contributed by atoms with Crippen LogP contribution in [-0.4, -0.2) is 11.8 Å². The number of nitrogens with two attached hydrogens (primary N) is 1. The lowest BCUT2D eigenvalue weighted by Gasteiger charge is -2.09. The molecule has 0 aromatic heterocycles. The zero-order valence-corrected chi connectivity index (χ0v) is 8.75. The molecule has 2 rings (SSSR count). The number of hydrogen-bond donors (Lipinski definition) is 1. The summed E-state index contributed by atoms with van der Waals surface area (Å²) < 4.78 is 25.9. The standard InChI is InChI=1S/C12H13F2NO/c13-8-3-4-9(10(14)5-8)12(16)6-11(15)7-1-2-7/h3-5,7,11H,1-2,6,15H2. The summed E-state index contributed by atoms with van der Waals surface area (Å²) in [5.41, 5.74) is 5.71. The van der Waals surface area contributed by atoms with E-state index in [-0.39, 0.29) is 23.8 Å². The predicted octanol–water partition coefficient (Wildman–Crippen LogP) is 2.27. The van der Waals surface area contributed by atoms with Gasteiger partial charge in [0.15, 0.2) is 5.78 Å². The summed E-state index contributed by atoms with van der Waals surface area (Å²) >= 11 is 0. The van der Waals surface area contributed by atoms with Crippen LogP contribution in [0, 0.1) is 17.6 Å². The fourth-order valence-electron chi connectivity index (χ4n) is 1.73. The van der Waals surface area contributed by atoms with Crippen molar-refractivity contribution in [1.82, 2.24) is 0 Å². The molecule has 0 aliphatic heterocycles. The summed E-state index contributed by atoms with van der Waals surface area (Å²) in [5.74, 6) is -1.45. The summed E-state index contributed by atoms with van der Waals surface area (Å²) in [7, 11) is 0. The normalized spacial score (nSPS) is 17.2. The highest BCUT2D eigenvalue weighted by molar-refractivity contribution is 5.96. The third kappa shape index (κ3) is 2.44. The van der Waals surface area contributed by atoms with E-state index < -0.39 is 11.6 Å². The van der Waals surface area contributed by atoms with Gasteiger partial charge in [0, 0.05) is 18.5 Å². The molecule has 4 heteroatoms. The molecule has 16 heavy (non-hydrogen) atoms. The van der Waals surface area contributed by atoms with E-state index in [2.05, 4.69) is 0 Å². The molecule has 1 fully saturated rings. The van der Waals surface area contributed by atoms with Gasteiger partial charge in [-0.05, 0) is 30.9 Å². The van der Waals surface area contributed by atoms with E-state index in [9.17, 15) is 13.6 Å². The fourth-order valence-corrected chi connectivity index (χ4v) is 1.73. The summed E-state index contributed by atoms with van der Waals surface area (Å²) in [5, 5.41) is 0. The second-order valence-corrected chi connectivity index (χ2v) is 4.25. The Labute approximate surface area is 92.4 Å². The molecular weight excluding hydrogens is 212 g/mol. The highest BCUT2D eigenvalue weighted by Crippen LogP contribution is 2.33. The molecule has 0 saturated heterocycles. The Morgan fingerprint density at radius 2 is 2.12 bits per heavy atom. The van der Waals surface area contributed by atoms with Crippen LogP contribution in [0.15, 0.2) is 18.2 Å². The number of benzene rings is 1. The van der Waals surface area contributed by atoms with Gasteiger partial charge in [-0.15, -0.1) is 0 Å². The zero-order valence-electron chi connectivity index (χ0n) is 8.75. The van der Waals surface area contributed by atoms with E-state index >= 15 is 0 Å². The molecule has 0 bridgehead atoms. The van der Waals surface area contributed by atoms with Gasteiger partial charge in [0.25, 0.3) is 0 Å². The number of hydrogen-bond acceptors (Lipinski definition) is 2. The number of Topliss-reactive ketones (excluding diaryl/α,β-unsaturated/α-hetero) is 1. The molecule has 0 radical (unpaired) electrons. The van der Waals surface area contributed by atoms with Gasteiger partial charge >= 0.3 is 0 Å². The molecule has 1 aromatic carbocycles. The molecule has 86 valence electrons. The van der Waals surface area contributed by atoms with Crippen LogP contribution in [0.2, 0.25) is 0 Å². The lowest BCUT2D eigenvalue weighted by atomic mass is 10.0. The van der Waals surface area contributed by atoms with Crippen molar-refractivity contribution < 1.29 is 13.6 Å². The maximum absolute atomic E-state index is 13.3. The van der Waals surface area contributed by atoms with Gasteiger partial charge in [-0.1, -0.05) is 0 Å². The van der Waals surface area contributed by atoms with Crippen LogP contribution >= 0.6 is 0 Å². The molecule has 2 N–H and O–H groups in total. The molecular formula is C12H13F2NO. The minimum absolute atomic E-state index is 0.0718. The lowest BCUT2D eigenvalue weighted by molar-refractivity contribution is 0.0967. The number of carbonyl (C=O) groups excluding carboxylic acids is 1. The van der Waals surface area contributed by atoms with Crippen LogP contribution in [0.4, 0.5) is 8.78 Å². The van der Waals surface area contributed by atoms with Gasteiger partial charge in [0.2, 0.25) is 0 Å². The highest BCUT2D eigenvalue weighted by Gasteiger charge is 2.30. The Balaban J connectivity index is 2.07. The molecule has 2 nitrogen and oxygen atoms in total. The summed E-state index contributed by atoms with van der Waals surface area (Å²) in [6.45, 7) is 0. The Bertz CT molecular complexity index is 415. The third-order valence-corrected chi connectivity index (χ3v) is 2.88. The average Bonchev–Trinajstić information content (AvgIpc) is 2.99. The third-order valence-electron chi connectivity index (χ3n) is 2.88. The van der Waals surface area contributed by atoms with E-state index in [1.807, 2.05) is 0 Å². The van der Waals surface area contributed by atoms with Crippen molar-refractivity contribution in [2.24, 2.45) is 11.7 Å². The lowest BCUT2D eigenvalue weighted by Crippen LogP contribution is -2.26. The second-order valence-electron chi connectivity index (χ2n) is 4.25. The fraction of sp³-hybridized carbons (Fsp3) is 0.417. The summed E-state index contributed by atoms with van der Waals surface area (Å²) in [6, 6.07) is 2.78. The van der Waals surface area contributed by atoms with E-state index in [0.29, 0.717) is 5.92 Å². The smallest absolute Gasteiger partial charge is 0.167 e. The minimum atomic E-state index is -0.812. The minimum Gasteiger partial charge on any atom is -0.327 e. The van der Waals surface area contributed by atoms with Gasteiger partial charge < -0.3 is 5.73 Å². The number of rotatable bonds is 4. The Kier molecular flexibility index (Phi) is 3.01. The van der Waals surface area contributed by atoms with Crippen LogP contribution in [0.5, 0.6) is 0 Å². The van der Waals surface area contributed by atoms with E-state index in [4.69, 9.17) is 5.73 Å². The number of halogens is 2. The average molecular weight is 225 g/mol. The first kappa shape index (κ1) is 11.2. The van der Waals surface area contributed by atoms with Gasteiger partial charge in [-0.25, -0.2) is 8.78 Å². The van der Waals surface area contributed by atoms with Crippen molar-refractivity contribution in [3.05, 3.63) is 35.4 Å². The van der Waals surface area contributed by atoms with Gasteiger partial charge in [0.1, 0.15) is 11.6 Å². The molecule has 0 heterocycles. The Morgan fingerprint density at radius 1 is 1.44 bits per heavy atom. The first-order valence-electron chi connectivity index (χ1n) is 5.32. The maximum Gasteiger partial charge on any atom is 0.167 e. The highest BCUT2D eigenvalue weighted by atomic mass is 19.1. The molecule has 1 aliphatic rings. The summed E-state index contributed by atoms with van der Waals surface area (Å²) in [4.78, 5) is 11.7. The second kappa shape index (κ2) is 4.29. The van der Waals surface area contributed by atoms with Crippen molar-refractivity contribution in [2.45, 2.75) is 25.3 Å². The van der Waals surface area contributed by atoms with Crippen molar-refractivity contribution >= 4 is 5.78 Å². The molecule has 1 saturated carbocycles. The van der Waals surface area contributed by atoms with Crippen molar-refractivity contribution in [3.8, 4) is 0 Å². The molecule has 1 aromatic rings. The summed E-state index contributed by atoms with van der Waals surface area (Å²) in [6.07, 6.45) is 2.22. The predicted molar refractivity (Wildman–Crippen MR) is 56.0 cm³/mol. The van der Waals surface area contributed by atoms with E-state index in [0.717, 1.165) is 25.0 Å². The monoisotopic (exact) mass is 225 g/mol. The van der Waals surface area contributed by atoms with Crippen molar-refractivity contribution in [3.63, 3.8) is 0 Å². The van der Waals surface area contributed by atoms with Crippen LogP contribution in [-0.2, 0) is 0 Å². The molecule has 0 spiro atoms. The van der Waals surface area contributed by atoms with Gasteiger partial charge in [0.05, 0.1) is 5.56 Å². The van der Waals surface area contributed by atoms with Gasteiger partial charge in [-0.3, -0.25) is 4.79 Å². The van der Waals surface area contributed by atoms with E-state index in [1.54, 1.807) is 0 Å². The van der Waals surface area contributed by atoms with Gasteiger partial charge in [-0.2, -0.15) is 0 Å². The first-order chi connectivity index (χ1) is 7.58. The van der Waals surface area contributed by atoms with Crippen molar-refractivity contribution in [1.29, 1.82) is 0 Å². The maximum atomic E-state index is 13.3. The van der Waals surface area contributed by atoms with Crippen LogP contribution in [0.25, 0.3) is 0 Å². The molecule has 1 unspecified atom stereocenters. The van der Waals surface area contributed by atoms with Crippen molar-refractivity contribution in [2.75, 3.05) is 0 Å². The first-order valence-corrected chi connectivity index (χ1v) is 5.32.